The van der Waals surface area contributed by atoms with Crippen LogP contribution < -0.4 is 0 Å². The number of hydrogen-bond acceptors (Lipinski definition) is 3. The standard InChI is InChI=1S/C9H7NO2/c1-2-6-3-4-7-8(10-6)5-12-9(7)11/h2-4H,1,5H2. The molecule has 0 N–H and O–H groups in total. The molecule has 3 nitrogen and oxygen atoms in total. The lowest BCUT2D eigenvalue weighted by atomic mass is 10.2. The van der Waals surface area contributed by atoms with Crippen molar-refractivity contribution in [3.8, 4) is 0 Å². The molecule has 2 heterocycles. The summed E-state index contributed by atoms with van der Waals surface area (Å²) >= 11 is 0. The minimum atomic E-state index is -0.284. The second kappa shape index (κ2) is 2.44. The summed E-state index contributed by atoms with van der Waals surface area (Å²) < 4.78 is 4.79. The fraction of sp³-hybridized carbons (Fsp3) is 0.111. The Kier molecular flexibility index (Phi) is 1.43. The van der Waals surface area contributed by atoms with Gasteiger partial charge in [-0.15, -0.1) is 0 Å². The van der Waals surface area contributed by atoms with Crippen molar-refractivity contribution in [1.82, 2.24) is 4.98 Å². The molecule has 0 spiro atoms. The third-order valence-electron chi connectivity index (χ3n) is 1.76. The van der Waals surface area contributed by atoms with E-state index in [0.29, 0.717) is 11.3 Å². The molecule has 0 unspecified atom stereocenters. The molecule has 0 fully saturated rings. The van der Waals surface area contributed by atoms with Gasteiger partial charge in [-0.05, 0) is 18.2 Å². The Bertz CT molecular complexity index is 358. The molecule has 60 valence electrons. The van der Waals surface area contributed by atoms with Crippen molar-refractivity contribution < 1.29 is 9.53 Å². The van der Waals surface area contributed by atoms with E-state index in [-0.39, 0.29) is 12.6 Å². The van der Waals surface area contributed by atoms with Gasteiger partial charge in [0.2, 0.25) is 0 Å². The summed E-state index contributed by atoms with van der Waals surface area (Å²) in [4.78, 5) is 15.1. The number of pyridine rings is 1. The van der Waals surface area contributed by atoms with E-state index in [9.17, 15) is 4.79 Å². The smallest absolute Gasteiger partial charge is 0.340 e. The SMILES string of the molecule is C=Cc1ccc2c(n1)COC2=O. The van der Waals surface area contributed by atoms with Crippen molar-refractivity contribution in [3.05, 3.63) is 35.7 Å². The van der Waals surface area contributed by atoms with Crippen LogP contribution in [-0.4, -0.2) is 11.0 Å². The zero-order valence-electron chi connectivity index (χ0n) is 6.41. The second-order valence-electron chi connectivity index (χ2n) is 2.51. The van der Waals surface area contributed by atoms with Gasteiger partial charge in [-0.3, -0.25) is 0 Å². The highest BCUT2D eigenvalue weighted by molar-refractivity contribution is 5.92. The zero-order chi connectivity index (χ0) is 8.55. The van der Waals surface area contributed by atoms with Crippen LogP contribution >= 0.6 is 0 Å². The van der Waals surface area contributed by atoms with Crippen LogP contribution in [0.4, 0.5) is 0 Å². The molecule has 0 aliphatic carbocycles. The molecule has 3 heteroatoms. The van der Waals surface area contributed by atoms with Gasteiger partial charge in [-0.2, -0.15) is 0 Å². The quantitative estimate of drug-likeness (QED) is 0.584. The van der Waals surface area contributed by atoms with Crippen molar-refractivity contribution >= 4 is 12.0 Å². The monoisotopic (exact) mass is 161 g/mol. The topological polar surface area (TPSA) is 39.2 Å². The Labute approximate surface area is 69.7 Å². The molecule has 0 saturated carbocycles. The molecule has 0 bridgehead atoms. The number of esters is 1. The number of carbonyl (C=O) groups excluding carboxylic acids is 1. The van der Waals surface area contributed by atoms with E-state index in [1.807, 2.05) is 0 Å². The lowest BCUT2D eigenvalue weighted by Gasteiger charge is -1.94. The van der Waals surface area contributed by atoms with Gasteiger partial charge in [0.1, 0.15) is 6.61 Å². The highest BCUT2D eigenvalue weighted by Gasteiger charge is 2.21. The summed E-state index contributed by atoms with van der Waals surface area (Å²) in [6, 6.07) is 3.47. The van der Waals surface area contributed by atoms with Crippen molar-refractivity contribution in [2.45, 2.75) is 6.61 Å². The fourth-order valence-electron chi connectivity index (χ4n) is 1.14. The van der Waals surface area contributed by atoms with Crippen molar-refractivity contribution in [3.63, 3.8) is 0 Å². The molecule has 1 aliphatic heterocycles. The Balaban J connectivity index is 2.55. The van der Waals surface area contributed by atoms with Gasteiger partial charge >= 0.3 is 5.97 Å². The number of ether oxygens (including phenoxy) is 1. The minimum Gasteiger partial charge on any atom is -0.456 e. The van der Waals surface area contributed by atoms with Gasteiger partial charge in [0.25, 0.3) is 0 Å². The Morgan fingerprint density at radius 3 is 3.17 bits per heavy atom. The first-order valence-corrected chi connectivity index (χ1v) is 3.61. The Hall–Kier alpha value is -1.64. The van der Waals surface area contributed by atoms with E-state index in [2.05, 4.69) is 11.6 Å². The maximum absolute atomic E-state index is 11.0. The van der Waals surface area contributed by atoms with Crippen LogP contribution in [0.2, 0.25) is 0 Å². The second-order valence-corrected chi connectivity index (χ2v) is 2.51. The number of fused-ring (bicyclic) bond motifs is 1. The highest BCUT2D eigenvalue weighted by Crippen LogP contribution is 2.17. The van der Waals surface area contributed by atoms with Crippen LogP contribution in [0.25, 0.3) is 6.08 Å². The molecule has 1 aromatic rings. The lowest BCUT2D eigenvalue weighted by molar-refractivity contribution is 0.0533. The summed E-state index contributed by atoms with van der Waals surface area (Å²) in [5.41, 5.74) is 2.05. The lowest BCUT2D eigenvalue weighted by Crippen LogP contribution is -1.94. The average molecular weight is 161 g/mol. The van der Waals surface area contributed by atoms with Crippen LogP contribution in [0.1, 0.15) is 21.7 Å². The average Bonchev–Trinajstić information content (AvgIpc) is 2.47. The van der Waals surface area contributed by atoms with Gasteiger partial charge in [-0.25, -0.2) is 9.78 Å². The van der Waals surface area contributed by atoms with E-state index >= 15 is 0 Å². The molecular formula is C9H7NO2. The first-order chi connectivity index (χ1) is 5.81. The van der Waals surface area contributed by atoms with E-state index in [1.54, 1.807) is 18.2 Å². The number of carbonyl (C=O) groups is 1. The van der Waals surface area contributed by atoms with Gasteiger partial charge in [0.15, 0.2) is 0 Å². The number of nitrogens with zero attached hydrogens (tertiary/aromatic N) is 1. The third-order valence-corrected chi connectivity index (χ3v) is 1.76. The molecule has 1 aliphatic rings. The van der Waals surface area contributed by atoms with Crippen LogP contribution in [0.3, 0.4) is 0 Å². The summed E-state index contributed by atoms with van der Waals surface area (Å²) in [6.07, 6.45) is 1.64. The number of rotatable bonds is 1. The van der Waals surface area contributed by atoms with Crippen LogP contribution in [-0.2, 0) is 11.3 Å². The first-order valence-electron chi connectivity index (χ1n) is 3.61. The molecule has 0 aromatic carbocycles. The Morgan fingerprint density at radius 1 is 1.58 bits per heavy atom. The van der Waals surface area contributed by atoms with Crippen LogP contribution in [0, 0.1) is 0 Å². The van der Waals surface area contributed by atoms with Crippen molar-refractivity contribution in [2.24, 2.45) is 0 Å². The van der Waals surface area contributed by atoms with E-state index in [0.717, 1.165) is 5.69 Å². The maximum atomic E-state index is 11.0. The van der Waals surface area contributed by atoms with Crippen LogP contribution in [0.5, 0.6) is 0 Å². The summed E-state index contributed by atoms with van der Waals surface area (Å²) in [5.74, 6) is -0.284. The third kappa shape index (κ3) is 0.906. The highest BCUT2D eigenvalue weighted by atomic mass is 16.5. The predicted molar refractivity (Wildman–Crippen MR) is 43.4 cm³/mol. The van der Waals surface area contributed by atoms with Crippen LogP contribution in [0.15, 0.2) is 18.7 Å². The molecule has 0 amide bonds. The summed E-state index contributed by atoms with van der Waals surface area (Å²) in [6.45, 7) is 3.87. The van der Waals surface area contributed by atoms with Gasteiger partial charge in [0.05, 0.1) is 17.0 Å². The van der Waals surface area contributed by atoms with E-state index in [1.165, 1.54) is 0 Å². The van der Waals surface area contributed by atoms with E-state index < -0.39 is 0 Å². The summed E-state index contributed by atoms with van der Waals surface area (Å²) in [7, 11) is 0. The molecule has 2 rings (SSSR count). The number of aromatic nitrogens is 1. The molecule has 12 heavy (non-hydrogen) atoms. The molecule has 0 radical (unpaired) electrons. The molecular weight excluding hydrogens is 154 g/mol. The number of hydrogen-bond donors (Lipinski definition) is 0. The normalized spacial score (nSPS) is 13.8. The van der Waals surface area contributed by atoms with Crippen molar-refractivity contribution in [2.75, 3.05) is 0 Å². The molecule has 0 saturated heterocycles. The zero-order valence-corrected chi connectivity index (χ0v) is 6.41. The van der Waals surface area contributed by atoms with E-state index in [4.69, 9.17) is 4.74 Å². The summed E-state index contributed by atoms with van der Waals surface area (Å²) in [5, 5.41) is 0. The largest absolute Gasteiger partial charge is 0.456 e. The van der Waals surface area contributed by atoms with Gasteiger partial charge in [0, 0.05) is 0 Å². The van der Waals surface area contributed by atoms with Crippen molar-refractivity contribution in [1.29, 1.82) is 0 Å². The first kappa shape index (κ1) is 7.03. The minimum absolute atomic E-state index is 0.284. The Morgan fingerprint density at radius 2 is 2.42 bits per heavy atom. The predicted octanol–water partition coefficient (Wildman–Crippen LogP) is 1.39. The fourth-order valence-corrected chi connectivity index (χ4v) is 1.14. The number of cyclic esters (lactones) is 1. The molecule has 1 aromatic heterocycles. The maximum Gasteiger partial charge on any atom is 0.340 e. The molecule has 0 atom stereocenters. The van der Waals surface area contributed by atoms with Gasteiger partial charge in [-0.1, -0.05) is 6.58 Å². The van der Waals surface area contributed by atoms with Gasteiger partial charge < -0.3 is 4.74 Å².